The first-order valence-electron chi connectivity index (χ1n) is 17.6. The van der Waals surface area contributed by atoms with E-state index >= 15 is 0 Å². The van der Waals surface area contributed by atoms with Crippen LogP contribution in [0.5, 0.6) is 0 Å². The Hall–Kier alpha value is -4.78. The number of tetrazole rings is 1. The van der Waals surface area contributed by atoms with Gasteiger partial charge in [-0.15, -0.1) is 10.2 Å². The summed E-state index contributed by atoms with van der Waals surface area (Å²) < 4.78 is 5.41. The van der Waals surface area contributed by atoms with Gasteiger partial charge < -0.3 is 21.1 Å². The molecule has 0 bridgehead atoms. The number of hydrogen-bond donors (Lipinski definition) is 4. The summed E-state index contributed by atoms with van der Waals surface area (Å²) in [6.07, 6.45) is 4.09. The van der Waals surface area contributed by atoms with Crippen molar-refractivity contribution in [1.29, 1.82) is 0 Å². The van der Waals surface area contributed by atoms with E-state index in [1.54, 1.807) is 12.1 Å². The second-order valence-electron chi connectivity index (χ2n) is 13.3. The molecule has 1 saturated heterocycles. The van der Waals surface area contributed by atoms with Gasteiger partial charge in [0.05, 0.1) is 13.2 Å². The number of H-pyrrole nitrogens is 1. The normalized spacial score (nSPS) is 18.7. The molecule has 1 saturated carbocycles. The molecule has 1 aliphatic carbocycles. The van der Waals surface area contributed by atoms with Crippen LogP contribution in [0.2, 0.25) is 0 Å². The van der Waals surface area contributed by atoms with Crippen LogP contribution in [0.3, 0.4) is 0 Å². The number of aromatic nitrogens is 4. The Morgan fingerprint density at radius 3 is 2.38 bits per heavy atom. The third-order valence-corrected chi connectivity index (χ3v) is 9.89. The van der Waals surface area contributed by atoms with Crippen LogP contribution in [0, 0.1) is 17.8 Å². The number of ketones is 1. The van der Waals surface area contributed by atoms with Crippen molar-refractivity contribution in [1.82, 2.24) is 30.8 Å². The Labute approximate surface area is 292 Å². The van der Waals surface area contributed by atoms with Crippen molar-refractivity contribution in [3.8, 4) is 22.5 Å². The fourth-order valence-electron chi connectivity index (χ4n) is 6.88. The number of nitrogens with zero attached hydrogens (tertiary/aromatic N) is 4. The van der Waals surface area contributed by atoms with Crippen LogP contribution in [0.1, 0.15) is 48.0 Å². The lowest BCUT2D eigenvalue weighted by atomic mass is 9.77. The third-order valence-electron chi connectivity index (χ3n) is 9.89. The molecule has 12 nitrogen and oxygen atoms in total. The van der Waals surface area contributed by atoms with Crippen molar-refractivity contribution >= 4 is 23.3 Å². The number of nitrogens with one attached hydrogen (secondary N) is 3. The molecule has 0 spiro atoms. The Kier molecular flexibility index (Phi) is 12.1. The first-order chi connectivity index (χ1) is 24.4. The SMILES string of the molecule is NCC1CCC(C(=O)C[C@@H](Cc2cccc(-c3cccc(C(=O)NCCN4CCOCC4)c3)c2)C(=O)Nc2ccc(-c3nn[nH]n3)cc2)CC1. The van der Waals surface area contributed by atoms with E-state index in [-0.39, 0.29) is 29.9 Å². The van der Waals surface area contributed by atoms with Crippen LogP contribution >= 0.6 is 0 Å². The molecule has 2 heterocycles. The second-order valence-corrected chi connectivity index (χ2v) is 13.3. The molecule has 2 aliphatic rings. The predicted molar refractivity (Wildman–Crippen MR) is 191 cm³/mol. The van der Waals surface area contributed by atoms with Crippen molar-refractivity contribution in [2.24, 2.45) is 23.5 Å². The number of amides is 2. The van der Waals surface area contributed by atoms with Crippen molar-refractivity contribution in [2.45, 2.75) is 38.5 Å². The monoisotopic (exact) mass is 678 g/mol. The highest BCUT2D eigenvalue weighted by molar-refractivity contribution is 5.97. The molecule has 2 amide bonds. The maximum absolute atomic E-state index is 13.8. The molecular formula is C38H46N8O4. The summed E-state index contributed by atoms with van der Waals surface area (Å²) in [5.41, 5.74) is 10.7. The first kappa shape index (κ1) is 35.1. The van der Waals surface area contributed by atoms with Gasteiger partial charge in [0.2, 0.25) is 11.7 Å². The van der Waals surface area contributed by atoms with Gasteiger partial charge >= 0.3 is 0 Å². The molecule has 1 aliphatic heterocycles. The highest BCUT2D eigenvalue weighted by Gasteiger charge is 2.30. The summed E-state index contributed by atoms with van der Waals surface area (Å²) in [5.74, 6) is 0.139. The van der Waals surface area contributed by atoms with Crippen molar-refractivity contribution in [2.75, 3.05) is 51.3 Å². The zero-order valence-electron chi connectivity index (χ0n) is 28.4. The Morgan fingerprint density at radius 2 is 1.66 bits per heavy atom. The average molecular weight is 679 g/mol. The molecule has 2 fully saturated rings. The van der Waals surface area contributed by atoms with Gasteiger partial charge in [0, 0.05) is 61.2 Å². The quantitative estimate of drug-likeness (QED) is 0.153. The summed E-state index contributed by atoms with van der Waals surface area (Å²) in [7, 11) is 0. The molecule has 1 aromatic heterocycles. The summed E-state index contributed by atoms with van der Waals surface area (Å²) in [6.45, 7) is 5.21. The van der Waals surface area contributed by atoms with Crippen LogP contribution in [-0.2, 0) is 20.7 Å². The average Bonchev–Trinajstić information content (AvgIpc) is 3.71. The molecule has 262 valence electrons. The highest BCUT2D eigenvalue weighted by Crippen LogP contribution is 2.31. The molecule has 6 rings (SSSR count). The number of ether oxygens (including phenoxy) is 1. The molecule has 50 heavy (non-hydrogen) atoms. The predicted octanol–water partition coefficient (Wildman–Crippen LogP) is 4.12. The number of morpholine rings is 1. The van der Waals surface area contributed by atoms with Gasteiger partial charge in [-0.2, -0.15) is 5.21 Å². The number of carbonyl (C=O) groups excluding carboxylic acids is 3. The van der Waals surface area contributed by atoms with Crippen LogP contribution in [0.4, 0.5) is 5.69 Å². The maximum atomic E-state index is 13.8. The molecule has 5 N–H and O–H groups in total. The van der Waals surface area contributed by atoms with Gasteiger partial charge in [0.1, 0.15) is 5.78 Å². The molecule has 1 atom stereocenters. The zero-order valence-corrected chi connectivity index (χ0v) is 28.4. The number of nitrogens with two attached hydrogens (primary N) is 1. The van der Waals surface area contributed by atoms with Gasteiger partial charge in [-0.3, -0.25) is 19.3 Å². The fraction of sp³-hybridized carbons (Fsp3) is 0.421. The van der Waals surface area contributed by atoms with Crippen LogP contribution in [0.15, 0.2) is 72.8 Å². The number of benzene rings is 3. The minimum atomic E-state index is -0.564. The maximum Gasteiger partial charge on any atom is 0.251 e. The van der Waals surface area contributed by atoms with Crippen LogP contribution in [-0.4, -0.2) is 89.1 Å². The van der Waals surface area contributed by atoms with Gasteiger partial charge in [0.15, 0.2) is 0 Å². The molecule has 0 unspecified atom stereocenters. The Morgan fingerprint density at radius 1 is 0.920 bits per heavy atom. The van der Waals surface area contributed by atoms with Crippen molar-refractivity contribution < 1.29 is 19.1 Å². The summed E-state index contributed by atoms with van der Waals surface area (Å²) >= 11 is 0. The number of hydrogen-bond acceptors (Lipinski definition) is 9. The summed E-state index contributed by atoms with van der Waals surface area (Å²) in [5, 5.41) is 20.1. The first-order valence-corrected chi connectivity index (χ1v) is 17.6. The van der Waals surface area contributed by atoms with Gasteiger partial charge in [-0.25, -0.2) is 0 Å². The standard InChI is InChI=1S/C38H46N8O4/c39-25-26-7-9-28(10-8-26)35(47)24-33(38(49)41-34-13-11-29(12-14-34)36-42-44-45-43-36)22-27-3-1-4-30(21-27)31-5-2-6-32(23-31)37(48)40-15-16-46-17-19-50-20-18-46/h1-6,11-14,21,23,26,28,33H,7-10,15-20,22,24-25,39H2,(H,40,48)(H,41,49)(H,42,43,44,45)/t26?,28?,33-/m1/s1. The van der Waals surface area contributed by atoms with E-state index in [2.05, 4.69) is 36.2 Å². The fourth-order valence-corrected chi connectivity index (χ4v) is 6.88. The van der Waals surface area contributed by atoms with Gasteiger partial charge in [-0.05, 0) is 103 Å². The minimum absolute atomic E-state index is 0.0450. The number of aromatic amines is 1. The summed E-state index contributed by atoms with van der Waals surface area (Å²) in [4.78, 5) is 42.7. The van der Waals surface area contributed by atoms with E-state index in [0.717, 1.165) is 80.8 Å². The van der Waals surface area contributed by atoms with E-state index in [9.17, 15) is 14.4 Å². The van der Waals surface area contributed by atoms with E-state index in [1.165, 1.54) is 0 Å². The van der Waals surface area contributed by atoms with E-state index in [4.69, 9.17) is 10.5 Å². The molecule has 12 heteroatoms. The van der Waals surface area contributed by atoms with E-state index < -0.39 is 5.92 Å². The number of carbonyl (C=O) groups is 3. The van der Waals surface area contributed by atoms with Crippen molar-refractivity contribution in [3.05, 3.63) is 83.9 Å². The Balaban J connectivity index is 1.14. The lowest BCUT2D eigenvalue weighted by Crippen LogP contribution is -2.41. The third kappa shape index (κ3) is 9.46. The summed E-state index contributed by atoms with van der Waals surface area (Å²) in [6, 6.07) is 22.8. The topological polar surface area (TPSA) is 168 Å². The van der Waals surface area contributed by atoms with Gasteiger partial charge in [0.25, 0.3) is 5.91 Å². The Bertz CT molecular complexity index is 1710. The smallest absolute Gasteiger partial charge is 0.251 e. The molecular weight excluding hydrogens is 632 g/mol. The number of rotatable bonds is 14. The molecule has 0 radical (unpaired) electrons. The van der Waals surface area contributed by atoms with E-state index in [1.807, 2.05) is 60.7 Å². The molecule has 3 aromatic carbocycles. The highest BCUT2D eigenvalue weighted by atomic mass is 16.5. The van der Waals surface area contributed by atoms with E-state index in [0.29, 0.717) is 42.5 Å². The second kappa shape index (κ2) is 17.2. The van der Waals surface area contributed by atoms with Crippen LogP contribution in [0.25, 0.3) is 22.5 Å². The lowest BCUT2D eigenvalue weighted by molar-refractivity contribution is -0.129. The van der Waals surface area contributed by atoms with Gasteiger partial charge in [-0.1, -0.05) is 36.4 Å². The largest absolute Gasteiger partial charge is 0.379 e. The zero-order chi connectivity index (χ0) is 34.7. The van der Waals surface area contributed by atoms with Crippen LogP contribution < -0.4 is 16.4 Å². The molecule has 4 aromatic rings. The minimum Gasteiger partial charge on any atom is -0.379 e. The number of Topliss-reactive ketones (excluding diaryl/α,β-unsaturated/α-hetero) is 1. The number of anilines is 1. The van der Waals surface area contributed by atoms with Crippen molar-refractivity contribution in [3.63, 3.8) is 0 Å². The lowest BCUT2D eigenvalue weighted by Gasteiger charge is -2.27.